The third kappa shape index (κ3) is 5.03. The van der Waals surface area contributed by atoms with E-state index in [-0.39, 0.29) is 5.91 Å². The average molecular weight is 377 g/mol. The zero-order valence-electron chi connectivity index (χ0n) is 13.8. The third-order valence-corrected chi connectivity index (χ3v) is 4.06. The van der Waals surface area contributed by atoms with Crippen molar-refractivity contribution in [3.63, 3.8) is 0 Å². The van der Waals surface area contributed by atoms with Crippen LogP contribution in [0, 0.1) is 19.8 Å². The maximum absolute atomic E-state index is 12.2. The summed E-state index contributed by atoms with van der Waals surface area (Å²) in [6.45, 7) is 8.52. The van der Waals surface area contributed by atoms with Crippen LogP contribution >= 0.6 is 15.9 Å². The minimum atomic E-state index is -0.181. The Labute approximate surface area is 145 Å². The van der Waals surface area contributed by atoms with Crippen molar-refractivity contribution in [3.8, 4) is 0 Å². The van der Waals surface area contributed by atoms with Crippen LogP contribution in [0.5, 0.6) is 0 Å². The van der Waals surface area contributed by atoms with Gasteiger partial charge < -0.3 is 10.6 Å². The fourth-order valence-electron chi connectivity index (χ4n) is 2.01. The minimum absolute atomic E-state index is 0.181. The summed E-state index contributed by atoms with van der Waals surface area (Å²) in [5.74, 6) is 1.37. The van der Waals surface area contributed by atoms with E-state index in [0.29, 0.717) is 29.8 Å². The smallest absolute Gasteiger partial charge is 0.270 e. The van der Waals surface area contributed by atoms with Crippen LogP contribution in [0.15, 0.2) is 28.7 Å². The monoisotopic (exact) mass is 376 g/mol. The number of anilines is 2. The summed E-state index contributed by atoms with van der Waals surface area (Å²) >= 11 is 3.48. The molecule has 0 saturated carbocycles. The number of aryl methyl sites for hydroxylation is 2. The van der Waals surface area contributed by atoms with E-state index in [1.165, 1.54) is 0 Å². The molecule has 2 rings (SSSR count). The van der Waals surface area contributed by atoms with Crippen molar-refractivity contribution in [2.75, 3.05) is 11.9 Å². The molecule has 0 atom stereocenters. The number of halogens is 1. The van der Waals surface area contributed by atoms with E-state index in [1.54, 1.807) is 13.0 Å². The van der Waals surface area contributed by atoms with Crippen LogP contribution < -0.4 is 10.6 Å². The number of rotatable bonds is 5. The Morgan fingerprint density at radius 2 is 1.96 bits per heavy atom. The molecule has 0 fully saturated rings. The zero-order valence-corrected chi connectivity index (χ0v) is 15.4. The van der Waals surface area contributed by atoms with Gasteiger partial charge in [0.2, 0.25) is 0 Å². The average Bonchev–Trinajstić information content (AvgIpc) is 2.48. The lowest BCUT2D eigenvalue weighted by Gasteiger charge is -2.11. The first-order valence-electron chi connectivity index (χ1n) is 7.52. The van der Waals surface area contributed by atoms with Crippen LogP contribution in [0.25, 0.3) is 0 Å². The Balaban J connectivity index is 2.19. The predicted octanol–water partition coefficient (Wildman–Crippen LogP) is 3.99. The van der Waals surface area contributed by atoms with E-state index in [2.05, 4.69) is 36.5 Å². The van der Waals surface area contributed by atoms with Gasteiger partial charge in [0.1, 0.15) is 17.3 Å². The molecule has 2 N–H and O–H groups in total. The zero-order chi connectivity index (χ0) is 17.0. The summed E-state index contributed by atoms with van der Waals surface area (Å²) in [6, 6.07) is 7.61. The highest BCUT2D eigenvalue weighted by molar-refractivity contribution is 9.10. The van der Waals surface area contributed by atoms with Gasteiger partial charge in [-0.3, -0.25) is 4.79 Å². The summed E-state index contributed by atoms with van der Waals surface area (Å²) in [7, 11) is 0. The molecule has 2 aromatic rings. The highest BCUT2D eigenvalue weighted by Gasteiger charge is 2.11. The maximum Gasteiger partial charge on any atom is 0.270 e. The molecule has 1 aromatic carbocycles. The molecule has 122 valence electrons. The van der Waals surface area contributed by atoms with Crippen molar-refractivity contribution in [1.29, 1.82) is 0 Å². The van der Waals surface area contributed by atoms with Crippen molar-refractivity contribution < 1.29 is 4.79 Å². The molecule has 0 aliphatic rings. The molecular formula is C17H21BrN4O. The minimum Gasteiger partial charge on any atom is -0.350 e. The topological polar surface area (TPSA) is 66.9 Å². The summed E-state index contributed by atoms with van der Waals surface area (Å²) in [5.41, 5.74) is 2.41. The van der Waals surface area contributed by atoms with Crippen molar-refractivity contribution in [1.82, 2.24) is 15.3 Å². The van der Waals surface area contributed by atoms with Crippen molar-refractivity contribution in [2.45, 2.75) is 27.7 Å². The molecule has 5 nitrogen and oxygen atoms in total. The van der Waals surface area contributed by atoms with Gasteiger partial charge in [-0.05, 0) is 43.5 Å². The Kier molecular flexibility index (Phi) is 5.71. The fourth-order valence-corrected chi connectivity index (χ4v) is 2.25. The van der Waals surface area contributed by atoms with Crippen LogP contribution in [0.3, 0.4) is 0 Å². The Morgan fingerprint density at radius 1 is 1.22 bits per heavy atom. The van der Waals surface area contributed by atoms with E-state index in [0.717, 1.165) is 15.7 Å². The number of benzene rings is 1. The molecule has 0 aliphatic carbocycles. The Bertz CT molecular complexity index is 716. The van der Waals surface area contributed by atoms with Gasteiger partial charge in [-0.15, -0.1) is 0 Å². The SMILES string of the molecule is Cc1nc(Nc2ccc(Br)c(C)c2)cc(C(=O)NCC(C)C)n1. The predicted molar refractivity (Wildman–Crippen MR) is 96.1 cm³/mol. The highest BCUT2D eigenvalue weighted by Crippen LogP contribution is 2.22. The number of amides is 1. The molecule has 1 heterocycles. The van der Waals surface area contributed by atoms with E-state index < -0.39 is 0 Å². The second-order valence-corrected chi connectivity index (χ2v) is 6.73. The summed E-state index contributed by atoms with van der Waals surface area (Å²) in [5, 5.41) is 6.09. The van der Waals surface area contributed by atoms with E-state index in [9.17, 15) is 4.79 Å². The van der Waals surface area contributed by atoms with Gasteiger partial charge in [0.25, 0.3) is 5.91 Å². The molecule has 0 bridgehead atoms. The summed E-state index contributed by atoms with van der Waals surface area (Å²) in [4.78, 5) is 20.7. The Morgan fingerprint density at radius 3 is 2.61 bits per heavy atom. The lowest BCUT2D eigenvalue weighted by molar-refractivity contribution is 0.0943. The van der Waals surface area contributed by atoms with Crippen LogP contribution in [0.4, 0.5) is 11.5 Å². The number of carbonyl (C=O) groups excluding carboxylic acids is 1. The van der Waals surface area contributed by atoms with Crippen molar-refractivity contribution in [2.24, 2.45) is 5.92 Å². The fraction of sp³-hybridized carbons (Fsp3) is 0.353. The van der Waals surface area contributed by atoms with Crippen LogP contribution in [-0.2, 0) is 0 Å². The number of aromatic nitrogens is 2. The van der Waals surface area contributed by atoms with Gasteiger partial charge >= 0.3 is 0 Å². The second kappa shape index (κ2) is 7.55. The quantitative estimate of drug-likeness (QED) is 0.827. The first kappa shape index (κ1) is 17.4. The molecule has 0 unspecified atom stereocenters. The molecule has 23 heavy (non-hydrogen) atoms. The van der Waals surface area contributed by atoms with Gasteiger partial charge in [-0.25, -0.2) is 9.97 Å². The van der Waals surface area contributed by atoms with Gasteiger partial charge in [0, 0.05) is 22.8 Å². The highest BCUT2D eigenvalue weighted by atomic mass is 79.9. The van der Waals surface area contributed by atoms with Gasteiger partial charge in [-0.2, -0.15) is 0 Å². The third-order valence-electron chi connectivity index (χ3n) is 3.17. The molecule has 0 saturated heterocycles. The molecule has 0 radical (unpaired) electrons. The molecule has 0 spiro atoms. The lowest BCUT2D eigenvalue weighted by Crippen LogP contribution is -2.28. The van der Waals surface area contributed by atoms with Crippen LogP contribution in [-0.4, -0.2) is 22.4 Å². The van der Waals surface area contributed by atoms with Crippen molar-refractivity contribution in [3.05, 3.63) is 45.8 Å². The van der Waals surface area contributed by atoms with Crippen LogP contribution in [0.2, 0.25) is 0 Å². The van der Waals surface area contributed by atoms with E-state index in [4.69, 9.17) is 0 Å². The Hall–Kier alpha value is -1.95. The number of hydrogen-bond acceptors (Lipinski definition) is 4. The van der Waals surface area contributed by atoms with Crippen molar-refractivity contribution >= 4 is 33.3 Å². The molecule has 6 heteroatoms. The number of hydrogen-bond donors (Lipinski definition) is 2. The molecule has 1 aromatic heterocycles. The maximum atomic E-state index is 12.2. The molecule has 1 amide bonds. The number of carbonyl (C=O) groups is 1. The first-order chi connectivity index (χ1) is 10.8. The summed E-state index contributed by atoms with van der Waals surface area (Å²) in [6.07, 6.45) is 0. The van der Waals surface area contributed by atoms with Crippen LogP contribution in [0.1, 0.15) is 35.7 Å². The molecular weight excluding hydrogens is 356 g/mol. The van der Waals surface area contributed by atoms with E-state index in [1.807, 2.05) is 39.0 Å². The van der Waals surface area contributed by atoms with E-state index >= 15 is 0 Å². The summed E-state index contributed by atoms with van der Waals surface area (Å²) < 4.78 is 1.05. The second-order valence-electron chi connectivity index (χ2n) is 5.88. The largest absolute Gasteiger partial charge is 0.350 e. The van der Waals surface area contributed by atoms with Gasteiger partial charge in [0.05, 0.1) is 0 Å². The molecule has 0 aliphatic heterocycles. The number of nitrogens with one attached hydrogen (secondary N) is 2. The standard InChI is InChI=1S/C17H21BrN4O/c1-10(2)9-19-17(23)15-8-16(21-12(4)20-15)22-13-5-6-14(18)11(3)7-13/h5-8,10H,9H2,1-4H3,(H,19,23)(H,20,21,22). The van der Waals surface area contributed by atoms with Gasteiger partial charge in [-0.1, -0.05) is 29.8 Å². The first-order valence-corrected chi connectivity index (χ1v) is 8.31. The normalized spacial score (nSPS) is 10.7. The number of nitrogens with zero attached hydrogens (tertiary/aromatic N) is 2. The lowest BCUT2D eigenvalue weighted by atomic mass is 10.2. The van der Waals surface area contributed by atoms with Gasteiger partial charge in [0.15, 0.2) is 0 Å².